The third-order valence-corrected chi connectivity index (χ3v) is 7.16. The van der Waals surface area contributed by atoms with E-state index in [1.54, 1.807) is 12.1 Å². The van der Waals surface area contributed by atoms with Gasteiger partial charge in [0.25, 0.3) is 0 Å². The molecule has 10 heteroatoms. The van der Waals surface area contributed by atoms with Crippen LogP contribution in [0.3, 0.4) is 0 Å². The van der Waals surface area contributed by atoms with E-state index in [-0.39, 0.29) is 24.2 Å². The van der Waals surface area contributed by atoms with E-state index in [1.807, 2.05) is 39.1 Å². The normalized spacial score (nSPS) is 21.7. The van der Waals surface area contributed by atoms with Gasteiger partial charge in [0.2, 0.25) is 0 Å². The Balaban J connectivity index is 0.000000774. The smallest absolute Gasteiger partial charge is 0.314 e. The lowest BCUT2D eigenvalue weighted by molar-refractivity contribution is -0.137. The van der Waals surface area contributed by atoms with Crippen molar-refractivity contribution in [3.63, 3.8) is 0 Å². The topological polar surface area (TPSA) is 34.0 Å². The largest absolute Gasteiger partial charge is 0.416 e. The van der Waals surface area contributed by atoms with Gasteiger partial charge in [-0.15, -0.1) is 22.6 Å². The first-order valence-electron chi connectivity index (χ1n) is 12.6. The van der Waals surface area contributed by atoms with Crippen LogP contribution < -0.4 is 0 Å². The average molecular weight is 559 g/mol. The summed E-state index contributed by atoms with van der Waals surface area (Å²) in [5, 5.41) is 8.73. The molecule has 1 aliphatic carbocycles. The minimum Gasteiger partial charge on any atom is -0.314 e. The van der Waals surface area contributed by atoms with Crippen molar-refractivity contribution in [2.45, 2.75) is 58.0 Å². The fourth-order valence-corrected chi connectivity index (χ4v) is 5.12. The number of fused-ring (bicyclic) bond motifs is 1. The van der Waals surface area contributed by atoms with Gasteiger partial charge in [0.1, 0.15) is 18.0 Å². The van der Waals surface area contributed by atoms with Gasteiger partial charge in [-0.25, -0.2) is 8.78 Å². The summed E-state index contributed by atoms with van der Waals surface area (Å²) in [5.74, 6) is 1.67. The summed E-state index contributed by atoms with van der Waals surface area (Å²) in [6.07, 6.45) is 5.82. The number of likely N-dealkylation sites (tertiary alicyclic amines) is 1. The number of benzene rings is 1. The molecule has 2 atom stereocenters. The maximum Gasteiger partial charge on any atom is 0.416 e. The number of alkyl halides is 3. The van der Waals surface area contributed by atoms with Crippen molar-refractivity contribution in [3.8, 4) is 0 Å². The predicted molar refractivity (Wildman–Crippen MR) is 143 cm³/mol. The van der Waals surface area contributed by atoms with E-state index >= 15 is 0 Å². The summed E-state index contributed by atoms with van der Waals surface area (Å²) < 4.78 is 62.1. The molecule has 1 saturated heterocycles. The molecule has 1 aromatic heterocycles. The summed E-state index contributed by atoms with van der Waals surface area (Å²) in [4.78, 5) is 2.47. The Bertz CT molecular complexity index is 1130. The van der Waals surface area contributed by atoms with Crippen LogP contribution in [0.4, 0.5) is 22.0 Å². The second-order valence-electron chi connectivity index (χ2n) is 9.76. The van der Waals surface area contributed by atoms with Gasteiger partial charge >= 0.3 is 6.18 Å². The average Bonchev–Trinajstić information content (AvgIpc) is 3.25. The Hall–Kier alpha value is -2.52. The molecule has 1 aromatic carbocycles. The van der Waals surface area contributed by atoms with Crippen molar-refractivity contribution >= 4 is 18.0 Å². The Morgan fingerprint density at radius 3 is 2.34 bits per heavy atom. The SMILES string of the molecule is C/C(F)=C/F.C/C=C\C(=C/C)c1nnc(CCCCN2CC3C[C@]3(c3ccc(C(F)(F)F)cc3)C2)n1C.Cl. The Kier molecular flexibility index (Phi) is 11.3. The molecule has 2 aromatic rings. The van der Waals surface area contributed by atoms with Gasteiger partial charge in [-0.05, 0) is 70.2 Å². The van der Waals surface area contributed by atoms with Gasteiger partial charge < -0.3 is 9.47 Å². The van der Waals surface area contributed by atoms with Gasteiger partial charge in [0.15, 0.2) is 5.82 Å². The van der Waals surface area contributed by atoms with Crippen molar-refractivity contribution in [2.75, 3.05) is 19.6 Å². The summed E-state index contributed by atoms with van der Waals surface area (Å²) in [7, 11) is 2.01. The molecular weight excluding hydrogens is 523 g/mol. The number of halogens is 6. The number of hydrogen-bond donors (Lipinski definition) is 0. The highest BCUT2D eigenvalue weighted by molar-refractivity contribution is 5.85. The molecule has 4 rings (SSSR count). The maximum absolute atomic E-state index is 12.9. The van der Waals surface area contributed by atoms with E-state index in [1.165, 1.54) is 12.1 Å². The zero-order valence-electron chi connectivity index (χ0n) is 22.2. The van der Waals surface area contributed by atoms with Gasteiger partial charge in [-0.2, -0.15) is 13.2 Å². The highest BCUT2D eigenvalue weighted by atomic mass is 35.5. The van der Waals surface area contributed by atoms with E-state index in [4.69, 9.17) is 0 Å². The lowest BCUT2D eigenvalue weighted by Crippen LogP contribution is -2.27. The van der Waals surface area contributed by atoms with Crippen LogP contribution in [0.25, 0.3) is 5.57 Å². The van der Waals surface area contributed by atoms with Crippen LogP contribution in [-0.4, -0.2) is 39.3 Å². The first-order valence-corrected chi connectivity index (χ1v) is 12.6. The Morgan fingerprint density at radius 2 is 1.79 bits per heavy atom. The molecule has 0 N–H and O–H groups in total. The van der Waals surface area contributed by atoms with Crippen LogP contribution in [-0.2, 0) is 25.1 Å². The number of aryl methyl sites for hydroxylation is 1. The number of unbranched alkanes of at least 4 members (excludes halogenated alkanes) is 1. The van der Waals surface area contributed by atoms with Crippen LogP contribution in [0.5, 0.6) is 0 Å². The van der Waals surface area contributed by atoms with Crippen molar-refractivity contribution in [1.29, 1.82) is 0 Å². The fraction of sp³-hybridized carbons (Fsp3) is 0.500. The molecule has 38 heavy (non-hydrogen) atoms. The molecule has 2 heterocycles. The zero-order valence-corrected chi connectivity index (χ0v) is 23.0. The van der Waals surface area contributed by atoms with E-state index in [9.17, 15) is 22.0 Å². The minimum absolute atomic E-state index is 0. The lowest BCUT2D eigenvalue weighted by Gasteiger charge is -2.21. The van der Waals surface area contributed by atoms with Gasteiger partial charge in [0, 0.05) is 37.5 Å². The van der Waals surface area contributed by atoms with E-state index in [0.717, 1.165) is 75.0 Å². The third kappa shape index (κ3) is 7.53. The van der Waals surface area contributed by atoms with Gasteiger partial charge in [0.05, 0.1) is 5.56 Å². The molecule has 1 saturated carbocycles. The molecule has 4 nitrogen and oxygen atoms in total. The minimum atomic E-state index is -4.27. The van der Waals surface area contributed by atoms with Crippen LogP contribution in [0.15, 0.2) is 54.7 Å². The van der Waals surface area contributed by atoms with Crippen LogP contribution >= 0.6 is 12.4 Å². The molecule has 1 unspecified atom stereocenters. The van der Waals surface area contributed by atoms with Crippen molar-refractivity contribution in [1.82, 2.24) is 19.7 Å². The number of hydrogen-bond acceptors (Lipinski definition) is 3. The van der Waals surface area contributed by atoms with Crippen LogP contribution in [0.2, 0.25) is 0 Å². The van der Waals surface area contributed by atoms with Crippen LogP contribution in [0.1, 0.15) is 62.8 Å². The number of nitrogens with zero attached hydrogens (tertiary/aromatic N) is 4. The maximum atomic E-state index is 12.9. The van der Waals surface area contributed by atoms with Crippen molar-refractivity contribution < 1.29 is 22.0 Å². The number of allylic oxidation sites excluding steroid dienone is 5. The third-order valence-electron chi connectivity index (χ3n) is 7.16. The summed E-state index contributed by atoms with van der Waals surface area (Å²) in [6, 6.07) is 5.83. The molecule has 0 bridgehead atoms. The highest BCUT2D eigenvalue weighted by Crippen LogP contribution is 2.59. The quantitative estimate of drug-likeness (QED) is 0.190. The first-order chi connectivity index (χ1) is 17.6. The van der Waals surface area contributed by atoms with Crippen molar-refractivity contribution in [3.05, 3.63) is 77.4 Å². The predicted octanol–water partition coefficient (Wildman–Crippen LogP) is 7.62. The summed E-state index contributed by atoms with van der Waals surface area (Å²) in [5.41, 5.74) is 1.63. The number of rotatable bonds is 8. The fourth-order valence-electron chi connectivity index (χ4n) is 5.12. The molecule has 1 aliphatic heterocycles. The molecule has 0 spiro atoms. The van der Waals surface area contributed by atoms with Gasteiger partial charge in [-0.1, -0.05) is 30.4 Å². The molecule has 0 radical (unpaired) electrons. The molecule has 210 valence electrons. The highest BCUT2D eigenvalue weighted by Gasteiger charge is 2.60. The zero-order chi connectivity index (χ0) is 27.2. The summed E-state index contributed by atoms with van der Waals surface area (Å²) >= 11 is 0. The van der Waals surface area contributed by atoms with Crippen molar-refractivity contribution in [2.24, 2.45) is 13.0 Å². The Labute approximate surface area is 227 Å². The number of aromatic nitrogens is 3. The molecule has 0 amide bonds. The summed E-state index contributed by atoms with van der Waals surface area (Å²) in [6.45, 7) is 8.04. The monoisotopic (exact) mass is 558 g/mol. The van der Waals surface area contributed by atoms with E-state index < -0.39 is 17.6 Å². The first kappa shape index (κ1) is 31.7. The van der Waals surface area contributed by atoms with Gasteiger partial charge in [-0.3, -0.25) is 0 Å². The lowest BCUT2D eigenvalue weighted by atomic mass is 9.94. The van der Waals surface area contributed by atoms with E-state index in [2.05, 4.69) is 19.7 Å². The second-order valence-corrected chi connectivity index (χ2v) is 9.76. The second kappa shape index (κ2) is 13.5. The molecule has 2 fully saturated rings. The molecule has 2 aliphatic rings. The standard InChI is InChI=1S/C25H31F3N4.C3H4F2.ClH/c1-4-8-18(5-2)23-30-29-22(31(23)3)9-6-7-14-32-16-21-15-24(21,17-32)19-10-12-20(13-11-19)25(26,27)28;1-3(5)2-4;/h4-5,8,10-13,21H,6-7,9,14-17H2,1-3H3;2H,1H3;1H/b8-4-,18-5+;3-2-;/t21?,24-;;/m1../s1. The van der Waals surface area contributed by atoms with E-state index in [0.29, 0.717) is 5.92 Å². The molecular formula is C28H36ClF5N4. The number of piperidine rings is 1. The Morgan fingerprint density at radius 1 is 1.13 bits per heavy atom. The van der Waals surface area contributed by atoms with Crippen LogP contribution in [0, 0.1) is 5.92 Å².